The highest BCUT2D eigenvalue weighted by Gasteiger charge is 2.30. The van der Waals surface area contributed by atoms with Gasteiger partial charge in [0.2, 0.25) is 0 Å². The molecule has 2 rings (SSSR count). The van der Waals surface area contributed by atoms with Gasteiger partial charge in [0.15, 0.2) is 0 Å². The fraction of sp³-hybridized carbons (Fsp3) is 0.684. The Morgan fingerprint density at radius 3 is 2.35 bits per heavy atom. The number of benzene rings is 1. The van der Waals surface area contributed by atoms with E-state index in [-0.39, 0.29) is 0 Å². The SMILES string of the molecule is CCCNC(CCCc1c(C)cc(C)cc1C)C1CC1. The van der Waals surface area contributed by atoms with Gasteiger partial charge in [-0.3, -0.25) is 0 Å². The Morgan fingerprint density at radius 1 is 1.15 bits per heavy atom. The van der Waals surface area contributed by atoms with Gasteiger partial charge in [-0.15, -0.1) is 0 Å². The summed E-state index contributed by atoms with van der Waals surface area (Å²) in [6, 6.07) is 5.44. The lowest BCUT2D eigenvalue weighted by Gasteiger charge is -2.18. The van der Waals surface area contributed by atoms with Gasteiger partial charge in [-0.05, 0) is 88.4 Å². The van der Waals surface area contributed by atoms with E-state index in [1.165, 1.54) is 61.8 Å². The molecule has 0 aliphatic heterocycles. The summed E-state index contributed by atoms with van der Waals surface area (Å²) in [6.07, 6.45) is 8.06. The van der Waals surface area contributed by atoms with Crippen LogP contribution < -0.4 is 5.32 Å². The molecule has 0 saturated heterocycles. The highest BCUT2D eigenvalue weighted by molar-refractivity contribution is 5.37. The maximum Gasteiger partial charge on any atom is 0.00954 e. The number of nitrogens with one attached hydrogen (secondary N) is 1. The van der Waals surface area contributed by atoms with E-state index in [0.717, 1.165) is 12.0 Å². The Bertz CT molecular complexity index is 408. The van der Waals surface area contributed by atoms with E-state index in [9.17, 15) is 0 Å². The van der Waals surface area contributed by atoms with E-state index < -0.39 is 0 Å². The van der Waals surface area contributed by atoms with Crippen molar-refractivity contribution >= 4 is 0 Å². The second-order valence-corrected chi connectivity index (χ2v) is 6.67. The molecule has 1 atom stereocenters. The van der Waals surface area contributed by atoms with Crippen molar-refractivity contribution < 1.29 is 0 Å². The van der Waals surface area contributed by atoms with E-state index in [0.29, 0.717) is 0 Å². The third-order valence-corrected chi connectivity index (χ3v) is 4.63. The molecule has 0 spiro atoms. The van der Waals surface area contributed by atoms with Crippen molar-refractivity contribution in [2.45, 2.75) is 72.3 Å². The van der Waals surface area contributed by atoms with Crippen molar-refractivity contribution in [3.05, 3.63) is 34.4 Å². The zero-order chi connectivity index (χ0) is 14.5. The molecule has 1 saturated carbocycles. The second-order valence-electron chi connectivity index (χ2n) is 6.67. The smallest absolute Gasteiger partial charge is 0.00954 e. The fourth-order valence-electron chi connectivity index (χ4n) is 3.44. The largest absolute Gasteiger partial charge is 0.314 e. The first-order valence-electron chi connectivity index (χ1n) is 8.42. The summed E-state index contributed by atoms with van der Waals surface area (Å²) in [6.45, 7) is 10.2. The number of hydrogen-bond donors (Lipinski definition) is 1. The number of rotatable bonds is 8. The summed E-state index contributed by atoms with van der Waals surface area (Å²) in [7, 11) is 0. The highest BCUT2D eigenvalue weighted by Crippen LogP contribution is 2.34. The molecule has 0 bridgehead atoms. The van der Waals surface area contributed by atoms with Gasteiger partial charge in [0.1, 0.15) is 0 Å². The van der Waals surface area contributed by atoms with Crippen molar-refractivity contribution in [1.29, 1.82) is 0 Å². The van der Waals surface area contributed by atoms with Gasteiger partial charge in [0.05, 0.1) is 0 Å². The Kier molecular flexibility index (Phi) is 5.65. The summed E-state index contributed by atoms with van der Waals surface area (Å²) >= 11 is 0. The lowest BCUT2D eigenvalue weighted by atomic mass is 9.94. The van der Waals surface area contributed by atoms with Crippen LogP contribution in [-0.2, 0) is 6.42 Å². The average molecular weight is 273 g/mol. The van der Waals surface area contributed by atoms with Gasteiger partial charge >= 0.3 is 0 Å². The lowest BCUT2D eigenvalue weighted by molar-refractivity contribution is 0.424. The molecule has 1 heteroatoms. The van der Waals surface area contributed by atoms with Crippen LogP contribution in [0, 0.1) is 26.7 Å². The zero-order valence-electron chi connectivity index (χ0n) is 13.8. The maximum atomic E-state index is 3.76. The lowest BCUT2D eigenvalue weighted by Crippen LogP contribution is -2.31. The van der Waals surface area contributed by atoms with Crippen LogP contribution >= 0.6 is 0 Å². The van der Waals surface area contributed by atoms with Crippen molar-refractivity contribution in [3.8, 4) is 0 Å². The minimum absolute atomic E-state index is 0.779. The molecule has 1 unspecified atom stereocenters. The summed E-state index contributed by atoms with van der Waals surface area (Å²) < 4.78 is 0. The van der Waals surface area contributed by atoms with Crippen molar-refractivity contribution in [1.82, 2.24) is 5.32 Å². The normalized spacial score (nSPS) is 16.4. The minimum atomic E-state index is 0.779. The van der Waals surface area contributed by atoms with Gasteiger partial charge < -0.3 is 5.32 Å². The first-order valence-corrected chi connectivity index (χ1v) is 8.42. The Hall–Kier alpha value is -0.820. The molecule has 20 heavy (non-hydrogen) atoms. The molecule has 1 aromatic rings. The molecule has 1 nitrogen and oxygen atoms in total. The molecule has 1 aliphatic carbocycles. The summed E-state index contributed by atoms with van der Waals surface area (Å²) in [5.41, 5.74) is 5.93. The second kappa shape index (κ2) is 7.26. The standard InChI is InChI=1S/C19H31N/c1-5-11-20-19(17-9-10-17)8-6-7-18-15(3)12-14(2)13-16(18)4/h12-13,17,19-20H,5-11H2,1-4H3. The zero-order valence-corrected chi connectivity index (χ0v) is 13.8. The third-order valence-electron chi connectivity index (χ3n) is 4.63. The van der Waals surface area contributed by atoms with Gasteiger partial charge in [-0.25, -0.2) is 0 Å². The quantitative estimate of drug-likeness (QED) is 0.723. The monoisotopic (exact) mass is 273 g/mol. The van der Waals surface area contributed by atoms with E-state index in [2.05, 4.69) is 45.1 Å². The van der Waals surface area contributed by atoms with E-state index in [4.69, 9.17) is 0 Å². The Labute approximate surface area is 125 Å². The molecular weight excluding hydrogens is 242 g/mol. The first kappa shape index (κ1) is 15.6. The minimum Gasteiger partial charge on any atom is -0.314 e. The summed E-state index contributed by atoms with van der Waals surface area (Å²) in [5.74, 6) is 0.974. The Morgan fingerprint density at radius 2 is 1.80 bits per heavy atom. The number of hydrogen-bond acceptors (Lipinski definition) is 1. The van der Waals surface area contributed by atoms with E-state index in [1.807, 2.05) is 0 Å². The molecule has 1 aromatic carbocycles. The van der Waals surface area contributed by atoms with Crippen LogP contribution in [0.4, 0.5) is 0 Å². The van der Waals surface area contributed by atoms with Crippen LogP contribution in [0.3, 0.4) is 0 Å². The predicted molar refractivity (Wildman–Crippen MR) is 88.4 cm³/mol. The van der Waals surface area contributed by atoms with E-state index in [1.54, 1.807) is 5.56 Å². The Balaban J connectivity index is 1.85. The van der Waals surface area contributed by atoms with Gasteiger partial charge in [-0.2, -0.15) is 0 Å². The maximum absolute atomic E-state index is 3.76. The molecule has 1 aliphatic rings. The summed E-state index contributed by atoms with van der Waals surface area (Å²) in [5, 5.41) is 3.76. The van der Waals surface area contributed by atoms with Crippen LogP contribution in [0.15, 0.2) is 12.1 Å². The first-order chi connectivity index (χ1) is 9.61. The van der Waals surface area contributed by atoms with Crippen molar-refractivity contribution in [3.63, 3.8) is 0 Å². The molecule has 0 amide bonds. The molecule has 1 fully saturated rings. The molecule has 0 heterocycles. The molecule has 0 aromatic heterocycles. The molecule has 112 valence electrons. The predicted octanol–water partition coefficient (Wildman–Crippen LogP) is 4.71. The highest BCUT2D eigenvalue weighted by atomic mass is 14.9. The molecule has 0 radical (unpaired) electrons. The molecular formula is C19H31N. The van der Waals surface area contributed by atoms with Gasteiger partial charge in [0, 0.05) is 6.04 Å². The number of aryl methyl sites for hydroxylation is 3. The van der Waals surface area contributed by atoms with Crippen LogP contribution in [-0.4, -0.2) is 12.6 Å². The van der Waals surface area contributed by atoms with Crippen LogP contribution in [0.2, 0.25) is 0 Å². The van der Waals surface area contributed by atoms with Crippen LogP contribution in [0.25, 0.3) is 0 Å². The van der Waals surface area contributed by atoms with Crippen LogP contribution in [0.1, 0.15) is 61.3 Å². The van der Waals surface area contributed by atoms with Crippen LogP contribution in [0.5, 0.6) is 0 Å². The topological polar surface area (TPSA) is 12.0 Å². The van der Waals surface area contributed by atoms with Gasteiger partial charge in [-0.1, -0.05) is 24.6 Å². The average Bonchev–Trinajstić information content (AvgIpc) is 3.20. The van der Waals surface area contributed by atoms with Crippen molar-refractivity contribution in [2.24, 2.45) is 5.92 Å². The molecule has 1 N–H and O–H groups in total. The van der Waals surface area contributed by atoms with Crippen molar-refractivity contribution in [2.75, 3.05) is 6.54 Å². The van der Waals surface area contributed by atoms with Gasteiger partial charge in [0.25, 0.3) is 0 Å². The van der Waals surface area contributed by atoms with E-state index >= 15 is 0 Å². The fourth-order valence-corrected chi connectivity index (χ4v) is 3.44. The summed E-state index contributed by atoms with van der Waals surface area (Å²) in [4.78, 5) is 0. The third kappa shape index (κ3) is 4.34.